The molecule has 0 fully saturated rings. The largest absolute Gasteiger partial charge is 0.451 e. The Morgan fingerprint density at radius 1 is 1.10 bits per heavy atom. The minimum absolute atomic E-state index is 0.0964. The van der Waals surface area contributed by atoms with E-state index in [0.29, 0.717) is 0 Å². The third-order valence-electron chi connectivity index (χ3n) is 3.72. The standard InChI is InChI=1S/C17H15N3O/c1-11-7-9-13(10-8-11)21-16-12(2)19-20-15-6-4-3-5-14(15)18-17(16)20/h3-10,15H,1-2H3. The molecular formula is C17H15N3O. The van der Waals surface area contributed by atoms with Crippen molar-refractivity contribution in [2.75, 3.05) is 0 Å². The van der Waals surface area contributed by atoms with Crippen molar-refractivity contribution in [3.05, 3.63) is 59.8 Å². The van der Waals surface area contributed by atoms with Crippen molar-refractivity contribution in [1.82, 2.24) is 9.78 Å². The number of rotatable bonds is 2. The van der Waals surface area contributed by atoms with Gasteiger partial charge in [0.1, 0.15) is 17.5 Å². The molecule has 0 N–H and O–H groups in total. The van der Waals surface area contributed by atoms with Crippen LogP contribution in [0.15, 0.2) is 53.6 Å². The van der Waals surface area contributed by atoms with Gasteiger partial charge in [0.2, 0.25) is 0 Å². The topological polar surface area (TPSA) is 39.4 Å². The predicted molar refractivity (Wildman–Crippen MR) is 82.6 cm³/mol. The Morgan fingerprint density at radius 2 is 1.90 bits per heavy atom. The fourth-order valence-corrected chi connectivity index (χ4v) is 2.61. The summed E-state index contributed by atoms with van der Waals surface area (Å²) in [5.41, 5.74) is 3.07. The van der Waals surface area contributed by atoms with Crippen LogP contribution in [0.2, 0.25) is 0 Å². The molecule has 1 aliphatic heterocycles. The first-order valence-electron chi connectivity index (χ1n) is 6.99. The molecule has 2 aromatic rings. The van der Waals surface area contributed by atoms with Crippen LogP contribution in [0.1, 0.15) is 17.3 Å². The second-order valence-electron chi connectivity index (χ2n) is 5.32. The Morgan fingerprint density at radius 3 is 2.71 bits per heavy atom. The van der Waals surface area contributed by atoms with Crippen molar-refractivity contribution >= 4 is 11.5 Å². The second-order valence-corrected chi connectivity index (χ2v) is 5.32. The van der Waals surface area contributed by atoms with Crippen molar-refractivity contribution in [3.8, 4) is 11.5 Å². The Kier molecular flexibility index (Phi) is 2.57. The van der Waals surface area contributed by atoms with Gasteiger partial charge < -0.3 is 4.74 Å². The van der Waals surface area contributed by atoms with Gasteiger partial charge in [0.25, 0.3) is 0 Å². The summed E-state index contributed by atoms with van der Waals surface area (Å²) < 4.78 is 7.94. The van der Waals surface area contributed by atoms with E-state index in [-0.39, 0.29) is 6.04 Å². The van der Waals surface area contributed by atoms with Crippen molar-refractivity contribution < 1.29 is 4.74 Å². The number of aromatic nitrogens is 2. The number of aliphatic imine (C=N–C) groups is 1. The highest BCUT2D eigenvalue weighted by Crippen LogP contribution is 2.42. The fourth-order valence-electron chi connectivity index (χ4n) is 2.61. The summed E-state index contributed by atoms with van der Waals surface area (Å²) in [5, 5.41) is 4.58. The lowest BCUT2D eigenvalue weighted by Gasteiger charge is -2.09. The SMILES string of the molecule is Cc1ccc(Oc2c(C)nn3c2N=C2C=CC=CC23)cc1. The summed E-state index contributed by atoms with van der Waals surface area (Å²) in [6.45, 7) is 4.01. The predicted octanol–water partition coefficient (Wildman–Crippen LogP) is 4.05. The van der Waals surface area contributed by atoms with Gasteiger partial charge in [-0.3, -0.25) is 0 Å². The number of aryl methyl sites for hydroxylation is 2. The Labute approximate surface area is 123 Å². The maximum Gasteiger partial charge on any atom is 0.195 e. The van der Waals surface area contributed by atoms with Crippen LogP contribution < -0.4 is 4.74 Å². The van der Waals surface area contributed by atoms with Gasteiger partial charge >= 0.3 is 0 Å². The number of ether oxygens (including phenoxy) is 1. The maximum absolute atomic E-state index is 6.01. The normalized spacial score (nSPS) is 18.4. The summed E-state index contributed by atoms with van der Waals surface area (Å²) in [4.78, 5) is 4.66. The average molecular weight is 277 g/mol. The molecule has 104 valence electrons. The highest BCUT2D eigenvalue weighted by atomic mass is 16.5. The van der Waals surface area contributed by atoms with Crippen molar-refractivity contribution in [3.63, 3.8) is 0 Å². The van der Waals surface area contributed by atoms with Gasteiger partial charge in [-0.2, -0.15) is 5.10 Å². The first-order chi connectivity index (χ1) is 10.2. The van der Waals surface area contributed by atoms with Gasteiger partial charge in [-0.25, -0.2) is 9.67 Å². The quantitative estimate of drug-likeness (QED) is 0.830. The van der Waals surface area contributed by atoms with E-state index < -0.39 is 0 Å². The molecule has 0 amide bonds. The smallest absolute Gasteiger partial charge is 0.195 e. The Balaban J connectivity index is 1.75. The lowest BCUT2D eigenvalue weighted by Crippen LogP contribution is -2.13. The van der Waals surface area contributed by atoms with Crippen LogP contribution in [-0.2, 0) is 0 Å². The van der Waals surface area contributed by atoms with E-state index in [0.717, 1.165) is 28.7 Å². The first-order valence-corrected chi connectivity index (χ1v) is 6.99. The van der Waals surface area contributed by atoms with Gasteiger partial charge in [-0.05, 0) is 32.1 Å². The van der Waals surface area contributed by atoms with Crippen LogP contribution in [-0.4, -0.2) is 15.5 Å². The summed E-state index contributed by atoms with van der Waals surface area (Å²) in [6.07, 6.45) is 8.13. The van der Waals surface area contributed by atoms with E-state index in [4.69, 9.17) is 4.74 Å². The van der Waals surface area contributed by atoms with Gasteiger partial charge in [-0.15, -0.1) is 0 Å². The third kappa shape index (κ3) is 1.91. The first kappa shape index (κ1) is 12.1. The molecule has 0 radical (unpaired) electrons. The van der Waals surface area contributed by atoms with Crippen molar-refractivity contribution in [2.24, 2.45) is 4.99 Å². The molecule has 1 aromatic heterocycles. The fraction of sp³-hybridized carbons (Fsp3) is 0.176. The highest BCUT2D eigenvalue weighted by molar-refractivity contribution is 6.04. The van der Waals surface area contributed by atoms with Gasteiger partial charge in [0, 0.05) is 0 Å². The maximum atomic E-state index is 6.01. The van der Waals surface area contributed by atoms with Crippen LogP contribution >= 0.6 is 0 Å². The molecule has 0 saturated heterocycles. The molecule has 21 heavy (non-hydrogen) atoms. The molecule has 0 spiro atoms. The van der Waals surface area contributed by atoms with E-state index in [2.05, 4.69) is 23.1 Å². The number of benzene rings is 1. The molecule has 4 rings (SSSR count). The third-order valence-corrected chi connectivity index (χ3v) is 3.72. The molecule has 2 aliphatic rings. The zero-order valence-electron chi connectivity index (χ0n) is 11.9. The number of hydrogen-bond acceptors (Lipinski definition) is 3. The van der Waals surface area contributed by atoms with E-state index in [1.165, 1.54) is 5.56 Å². The highest BCUT2D eigenvalue weighted by Gasteiger charge is 2.30. The number of hydrogen-bond donors (Lipinski definition) is 0. The zero-order chi connectivity index (χ0) is 14.4. The second kappa shape index (κ2) is 4.45. The van der Waals surface area contributed by atoms with Crippen LogP contribution in [0.5, 0.6) is 11.5 Å². The minimum Gasteiger partial charge on any atom is -0.451 e. The summed E-state index contributed by atoms with van der Waals surface area (Å²) >= 11 is 0. The molecule has 0 bridgehead atoms. The number of allylic oxidation sites excluding steroid dienone is 4. The average Bonchev–Trinajstić information content (AvgIpc) is 2.98. The molecule has 1 unspecified atom stereocenters. The Bertz CT molecular complexity index is 794. The monoisotopic (exact) mass is 277 g/mol. The van der Waals surface area contributed by atoms with Crippen LogP contribution in [0.25, 0.3) is 0 Å². The molecule has 4 heteroatoms. The van der Waals surface area contributed by atoms with Gasteiger partial charge in [0.15, 0.2) is 11.6 Å². The van der Waals surface area contributed by atoms with Crippen LogP contribution in [0.4, 0.5) is 5.82 Å². The number of fused-ring (bicyclic) bond motifs is 3. The molecule has 0 saturated carbocycles. The van der Waals surface area contributed by atoms with Crippen molar-refractivity contribution in [1.29, 1.82) is 0 Å². The van der Waals surface area contributed by atoms with Crippen molar-refractivity contribution in [2.45, 2.75) is 19.9 Å². The number of nitrogens with zero attached hydrogens (tertiary/aromatic N) is 3. The minimum atomic E-state index is 0.0964. The molecule has 4 nitrogen and oxygen atoms in total. The lowest BCUT2D eigenvalue weighted by molar-refractivity contribution is 0.480. The molecule has 1 aliphatic carbocycles. The van der Waals surface area contributed by atoms with E-state index in [1.54, 1.807) is 0 Å². The van der Waals surface area contributed by atoms with Gasteiger partial charge in [0.05, 0.1) is 5.71 Å². The lowest BCUT2D eigenvalue weighted by atomic mass is 10.1. The van der Waals surface area contributed by atoms with Crippen LogP contribution in [0.3, 0.4) is 0 Å². The van der Waals surface area contributed by atoms with E-state index in [9.17, 15) is 0 Å². The summed E-state index contributed by atoms with van der Waals surface area (Å²) in [6, 6.07) is 8.10. The van der Waals surface area contributed by atoms with Gasteiger partial charge in [-0.1, -0.05) is 35.9 Å². The molecule has 1 atom stereocenters. The zero-order valence-corrected chi connectivity index (χ0v) is 11.9. The van der Waals surface area contributed by atoms with E-state index in [1.807, 2.05) is 54.1 Å². The molecule has 2 heterocycles. The summed E-state index contributed by atoms with van der Waals surface area (Å²) in [7, 11) is 0. The summed E-state index contributed by atoms with van der Waals surface area (Å²) in [5.74, 6) is 2.34. The van der Waals surface area contributed by atoms with Crippen LogP contribution in [0, 0.1) is 13.8 Å². The van der Waals surface area contributed by atoms with E-state index >= 15 is 0 Å². The molecule has 1 aromatic carbocycles. The Hall–Kier alpha value is -2.62. The molecular weight excluding hydrogens is 262 g/mol.